The van der Waals surface area contributed by atoms with Gasteiger partial charge < -0.3 is 15.0 Å². The average Bonchev–Trinajstić information content (AvgIpc) is 2.77. The van der Waals surface area contributed by atoms with E-state index in [-0.39, 0.29) is 49.8 Å². The largest absolute Gasteiger partial charge is 0.453 e. The van der Waals surface area contributed by atoms with Crippen LogP contribution < -0.4 is 5.32 Å². The van der Waals surface area contributed by atoms with Gasteiger partial charge in [0, 0.05) is 12.1 Å². The van der Waals surface area contributed by atoms with Gasteiger partial charge in [-0.15, -0.1) is 0 Å². The Balaban J connectivity index is 0. The minimum absolute atomic E-state index is 0. The van der Waals surface area contributed by atoms with Gasteiger partial charge in [0.2, 0.25) is 5.91 Å². The summed E-state index contributed by atoms with van der Waals surface area (Å²) in [7, 11) is 1.31. The SMILES string of the molecule is COC(=O)N[C@H](C(=O)N1CCC[C@@]1(C)C(C)(C)C)C(C)C.S.S. The quantitative estimate of drug-likeness (QED) is 0.835. The third-order valence-corrected chi connectivity index (χ3v) is 4.91. The van der Waals surface area contributed by atoms with Gasteiger partial charge in [0.25, 0.3) is 0 Å². The number of nitrogens with one attached hydrogen (secondary N) is 1. The normalized spacial score (nSPS) is 22.0. The van der Waals surface area contributed by atoms with Crippen molar-refractivity contribution in [1.29, 1.82) is 0 Å². The lowest BCUT2D eigenvalue weighted by molar-refractivity contribution is -0.142. The number of carbonyl (C=O) groups is 2. The van der Waals surface area contributed by atoms with Crippen LogP contribution in [0.1, 0.15) is 54.4 Å². The molecule has 1 N–H and O–H groups in total. The van der Waals surface area contributed by atoms with Gasteiger partial charge in [0.1, 0.15) is 6.04 Å². The maximum Gasteiger partial charge on any atom is 0.407 e. The van der Waals surface area contributed by atoms with E-state index >= 15 is 0 Å². The standard InChI is InChI=1S/C16H30N2O3.2H2S/c1-11(2)12(17-14(20)21-7)13(19)18-10-8-9-16(18,6)15(3,4)5;;/h11-12H,8-10H2,1-7H3,(H,17,20);2*1H2/t12-,16-;;/m0../s1. The minimum Gasteiger partial charge on any atom is -0.453 e. The second-order valence-corrected chi connectivity index (χ2v) is 7.47. The van der Waals surface area contributed by atoms with Crippen molar-refractivity contribution in [3.8, 4) is 0 Å². The van der Waals surface area contributed by atoms with E-state index in [1.807, 2.05) is 18.7 Å². The van der Waals surface area contributed by atoms with Crippen molar-refractivity contribution in [2.24, 2.45) is 11.3 Å². The van der Waals surface area contributed by atoms with E-state index in [0.29, 0.717) is 0 Å². The lowest BCUT2D eigenvalue weighted by atomic mass is 9.73. The molecule has 1 saturated heterocycles. The second kappa shape index (κ2) is 9.06. The second-order valence-electron chi connectivity index (χ2n) is 7.47. The number of likely N-dealkylation sites (tertiary alicyclic amines) is 1. The van der Waals surface area contributed by atoms with Gasteiger partial charge in [-0.1, -0.05) is 34.6 Å². The summed E-state index contributed by atoms with van der Waals surface area (Å²) in [6, 6.07) is -0.544. The Morgan fingerprint density at radius 2 is 1.74 bits per heavy atom. The highest BCUT2D eigenvalue weighted by atomic mass is 32.1. The zero-order valence-electron chi connectivity index (χ0n) is 15.4. The lowest BCUT2D eigenvalue weighted by Gasteiger charge is -2.47. The zero-order valence-corrected chi connectivity index (χ0v) is 17.4. The molecule has 0 aliphatic carbocycles. The van der Waals surface area contributed by atoms with Crippen molar-refractivity contribution >= 4 is 39.0 Å². The third kappa shape index (κ3) is 5.21. The summed E-state index contributed by atoms with van der Waals surface area (Å²) in [6.45, 7) is 13.3. The van der Waals surface area contributed by atoms with Gasteiger partial charge in [-0.05, 0) is 31.1 Å². The van der Waals surface area contributed by atoms with Gasteiger partial charge in [-0.3, -0.25) is 4.79 Å². The fraction of sp³-hybridized carbons (Fsp3) is 0.875. The molecule has 1 aliphatic heterocycles. The van der Waals surface area contributed by atoms with Crippen LogP contribution >= 0.6 is 27.0 Å². The molecule has 1 heterocycles. The molecular formula is C16H34N2O3S2. The van der Waals surface area contributed by atoms with Crippen molar-refractivity contribution in [3.05, 3.63) is 0 Å². The highest BCUT2D eigenvalue weighted by Gasteiger charge is 2.49. The lowest BCUT2D eigenvalue weighted by Crippen LogP contribution is -2.59. The maximum absolute atomic E-state index is 13.0. The molecule has 0 radical (unpaired) electrons. The van der Waals surface area contributed by atoms with Crippen LogP contribution in [0.4, 0.5) is 4.79 Å². The smallest absolute Gasteiger partial charge is 0.407 e. The van der Waals surface area contributed by atoms with E-state index in [4.69, 9.17) is 0 Å². The third-order valence-electron chi connectivity index (χ3n) is 4.91. The maximum atomic E-state index is 13.0. The van der Waals surface area contributed by atoms with E-state index in [0.717, 1.165) is 19.4 Å². The van der Waals surface area contributed by atoms with Crippen molar-refractivity contribution < 1.29 is 14.3 Å². The Hall–Kier alpha value is -0.560. The number of methoxy groups -OCH3 is 1. The van der Waals surface area contributed by atoms with E-state index in [2.05, 4.69) is 37.7 Å². The topological polar surface area (TPSA) is 58.6 Å². The van der Waals surface area contributed by atoms with Crippen LogP contribution in [0.15, 0.2) is 0 Å². The fourth-order valence-corrected chi connectivity index (χ4v) is 2.96. The molecule has 138 valence electrons. The predicted octanol–water partition coefficient (Wildman–Crippen LogP) is 3.02. The minimum atomic E-state index is -0.557. The number of ether oxygens (including phenoxy) is 1. The summed E-state index contributed by atoms with van der Waals surface area (Å²) in [4.78, 5) is 26.4. The average molecular weight is 367 g/mol. The van der Waals surface area contributed by atoms with Crippen LogP contribution in [0.25, 0.3) is 0 Å². The summed E-state index contributed by atoms with van der Waals surface area (Å²) in [5.41, 5.74) is -0.193. The molecule has 5 nitrogen and oxygen atoms in total. The molecule has 1 aliphatic rings. The van der Waals surface area contributed by atoms with Crippen molar-refractivity contribution in [1.82, 2.24) is 10.2 Å². The van der Waals surface area contributed by atoms with Gasteiger partial charge in [-0.2, -0.15) is 27.0 Å². The van der Waals surface area contributed by atoms with Crippen molar-refractivity contribution in [2.45, 2.75) is 66.0 Å². The number of amides is 2. The molecular weight excluding hydrogens is 332 g/mol. The molecule has 0 saturated carbocycles. The van der Waals surface area contributed by atoms with Crippen LogP contribution in [0.2, 0.25) is 0 Å². The first-order valence-corrected chi connectivity index (χ1v) is 7.70. The Labute approximate surface area is 154 Å². The van der Waals surface area contributed by atoms with Crippen LogP contribution in [-0.2, 0) is 9.53 Å². The summed E-state index contributed by atoms with van der Waals surface area (Å²) < 4.78 is 4.64. The molecule has 1 rings (SSSR count). The molecule has 2 amide bonds. The molecule has 0 aromatic rings. The highest BCUT2D eigenvalue weighted by molar-refractivity contribution is 7.59. The first-order valence-electron chi connectivity index (χ1n) is 7.70. The number of rotatable bonds is 3. The summed E-state index contributed by atoms with van der Waals surface area (Å²) >= 11 is 0. The number of alkyl carbamates (subject to hydrolysis) is 1. The molecule has 2 atom stereocenters. The van der Waals surface area contributed by atoms with E-state index in [1.165, 1.54) is 7.11 Å². The molecule has 0 aromatic carbocycles. The highest BCUT2D eigenvalue weighted by Crippen LogP contribution is 2.43. The fourth-order valence-electron chi connectivity index (χ4n) is 2.96. The first kappa shape index (κ1) is 24.7. The van der Waals surface area contributed by atoms with Crippen LogP contribution in [-0.4, -0.2) is 42.1 Å². The predicted molar refractivity (Wildman–Crippen MR) is 104 cm³/mol. The van der Waals surface area contributed by atoms with Crippen molar-refractivity contribution in [2.75, 3.05) is 13.7 Å². The van der Waals surface area contributed by atoms with Gasteiger partial charge in [-0.25, -0.2) is 4.79 Å². The Morgan fingerprint density at radius 3 is 2.13 bits per heavy atom. The molecule has 1 fully saturated rings. The summed E-state index contributed by atoms with van der Waals surface area (Å²) in [5, 5.41) is 2.68. The number of carbonyl (C=O) groups excluding carboxylic acids is 2. The van der Waals surface area contributed by atoms with Crippen molar-refractivity contribution in [3.63, 3.8) is 0 Å². The first-order chi connectivity index (χ1) is 9.54. The zero-order chi connectivity index (χ0) is 16.4. The van der Waals surface area contributed by atoms with Gasteiger partial charge in [0.15, 0.2) is 0 Å². The number of hydrogen-bond donors (Lipinski definition) is 1. The molecule has 0 spiro atoms. The van der Waals surface area contributed by atoms with Crippen LogP contribution in [0, 0.1) is 11.3 Å². The number of hydrogen-bond acceptors (Lipinski definition) is 3. The molecule has 0 bridgehead atoms. The summed E-state index contributed by atoms with van der Waals surface area (Å²) in [6.07, 6.45) is 1.44. The van der Waals surface area contributed by atoms with Gasteiger partial charge >= 0.3 is 6.09 Å². The van der Waals surface area contributed by atoms with E-state index in [1.54, 1.807) is 0 Å². The van der Waals surface area contributed by atoms with Gasteiger partial charge in [0.05, 0.1) is 7.11 Å². The van der Waals surface area contributed by atoms with E-state index in [9.17, 15) is 9.59 Å². The number of nitrogens with zero attached hydrogens (tertiary/aromatic N) is 1. The van der Waals surface area contributed by atoms with E-state index < -0.39 is 12.1 Å². The Morgan fingerprint density at radius 1 is 1.22 bits per heavy atom. The summed E-state index contributed by atoms with van der Waals surface area (Å²) in [5.74, 6) is 0.00624. The Bertz CT molecular complexity index is 411. The molecule has 23 heavy (non-hydrogen) atoms. The molecule has 0 unspecified atom stereocenters. The Kier molecular flexibility index (Phi) is 9.73. The van der Waals surface area contributed by atoms with Crippen LogP contribution in [0.3, 0.4) is 0 Å². The molecule has 7 heteroatoms. The monoisotopic (exact) mass is 366 g/mol. The van der Waals surface area contributed by atoms with Crippen LogP contribution in [0.5, 0.6) is 0 Å². The molecule has 0 aromatic heterocycles.